The van der Waals surface area contributed by atoms with Crippen LogP contribution in [0.4, 0.5) is 5.82 Å². The second-order valence-corrected chi connectivity index (χ2v) is 4.32. The minimum Gasteiger partial charge on any atom is -0.439 e. The van der Waals surface area contributed by atoms with Crippen LogP contribution in [0.2, 0.25) is 0 Å². The third-order valence-electron chi connectivity index (χ3n) is 2.76. The molecule has 1 aromatic heterocycles. The number of hydrogen-bond donors (Lipinski definition) is 1. The molecule has 0 aliphatic rings. The second kappa shape index (κ2) is 6.53. The van der Waals surface area contributed by atoms with Crippen LogP contribution in [0.3, 0.4) is 0 Å². The minimum atomic E-state index is 0.494. The molecule has 0 bridgehead atoms. The van der Waals surface area contributed by atoms with E-state index in [9.17, 15) is 0 Å². The molecule has 1 N–H and O–H groups in total. The number of nitrogens with zero attached hydrogens (tertiary/aromatic N) is 3. The highest BCUT2D eigenvalue weighted by atomic mass is 16.5. The lowest BCUT2D eigenvalue weighted by atomic mass is 10.2. The molecule has 0 radical (unpaired) electrons. The van der Waals surface area contributed by atoms with Gasteiger partial charge in [-0.3, -0.25) is 0 Å². The topological polar surface area (TPSA) is 70.8 Å². The predicted octanol–water partition coefficient (Wildman–Crippen LogP) is 3.27. The first-order valence-corrected chi connectivity index (χ1v) is 6.48. The Morgan fingerprint density at radius 2 is 2.20 bits per heavy atom. The van der Waals surface area contributed by atoms with Crippen LogP contribution in [0.25, 0.3) is 0 Å². The lowest BCUT2D eigenvalue weighted by molar-refractivity contribution is 0.457. The van der Waals surface area contributed by atoms with Crippen LogP contribution < -0.4 is 10.1 Å². The number of anilines is 1. The smallest absolute Gasteiger partial charge is 0.227 e. The zero-order chi connectivity index (χ0) is 14.4. The number of ether oxygens (including phenoxy) is 1. The summed E-state index contributed by atoms with van der Waals surface area (Å²) in [7, 11) is 0. The second-order valence-electron chi connectivity index (χ2n) is 4.32. The Bertz CT molecular complexity index is 634. The third-order valence-corrected chi connectivity index (χ3v) is 2.76. The van der Waals surface area contributed by atoms with Gasteiger partial charge in [0.1, 0.15) is 17.9 Å². The van der Waals surface area contributed by atoms with Gasteiger partial charge in [-0.25, -0.2) is 9.97 Å². The van der Waals surface area contributed by atoms with E-state index < -0.39 is 0 Å². The third kappa shape index (κ3) is 3.23. The summed E-state index contributed by atoms with van der Waals surface area (Å²) in [6, 6.07) is 9.06. The first-order valence-electron chi connectivity index (χ1n) is 6.48. The molecule has 0 aliphatic carbocycles. The summed E-state index contributed by atoms with van der Waals surface area (Å²) < 4.78 is 5.73. The van der Waals surface area contributed by atoms with E-state index in [1.165, 1.54) is 6.33 Å². The zero-order valence-electron chi connectivity index (χ0n) is 11.6. The summed E-state index contributed by atoms with van der Waals surface area (Å²) in [5, 5.41) is 12.1. The number of hydrogen-bond acceptors (Lipinski definition) is 5. The number of nitrogens with one attached hydrogen (secondary N) is 1. The first kappa shape index (κ1) is 13.8. The standard InChI is InChI=1S/C15H16N4O/c1-3-7-17-14-11(2)15(19-10-18-14)20-13-6-4-5-12(8-13)9-16/h4-6,8,10H,3,7H2,1-2H3,(H,17,18,19). The predicted molar refractivity (Wildman–Crippen MR) is 76.8 cm³/mol. The van der Waals surface area contributed by atoms with Crippen molar-refractivity contribution >= 4 is 5.82 Å². The molecular formula is C15H16N4O. The summed E-state index contributed by atoms with van der Waals surface area (Å²) >= 11 is 0. The number of aromatic nitrogens is 2. The number of rotatable bonds is 5. The Balaban J connectivity index is 2.22. The van der Waals surface area contributed by atoms with Crippen LogP contribution in [0.15, 0.2) is 30.6 Å². The molecule has 0 fully saturated rings. The molecule has 0 atom stereocenters. The molecule has 1 aromatic carbocycles. The molecule has 0 aliphatic heterocycles. The van der Waals surface area contributed by atoms with E-state index in [1.54, 1.807) is 24.3 Å². The molecule has 0 unspecified atom stereocenters. The lowest BCUT2D eigenvalue weighted by Gasteiger charge is -2.11. The maximum atomic E-state index is 8.88. The van der Waals surface area contributed by atoms with E-state index in [0.29, 0.717) is 17.2 Å². The first-order chi connectivity index (χ1) is 9.74. The van der Waals surface area contributed by atoms with E-state index >= 15 is 0 Å². The van der Waals surface area contributed by atoms with Crippen molar-refractivity contribution in [2.75, 3.05) is 11.9 Å². The molecule has 20 heavy (non-hydrogen) atoms. The van der Waals surface area contributed by atoms with Crippen molar-refractivity contribution in [3.05, 3.63) is 41.7 Å². The van der Waals surface area contributed by atoms with E-state index in [1.807, 2.05) is 6.92 Å². The van der Waals surface area contributed by atoms with Gasteiger partial charge in [-0.15, -0.1) is 0 Å². The Hall–Kier alpha value is -2.61. The molecule has 1 heterocycles. The molecule has 102 valence electrons. The van der Waals surface area contributed by atoms with Gasteiger partial charge in [0.15, 0.2) is 0 Å². The summed E-state index contributed by atoms with van der Waals surface area (Å²) in [6.45, 7) is 4.84. The molecule has 2 rings (SSSR count). The molecule has 0 amide bonds. The van der Waals surface area contributed by atoms with Gasteiger partial charge in [-0.1, -0.05) is 13.0 Å². The monoisotopic (exact) mass is 268 g/mol. The summed E-state index contributed by atoms with van der Waals surface area (Å²) in [6.07, 6.45) is 2.48. The van der Waals surface area contributed by atoms with Crippen molar-refractivity contribution in [2.45, 2.75) is 20.3 Å². The molecule has 2 aromatic rings. The van der Waals surface area contributed by atoms with Crippen LogP contribution >= 0.6 is 0 Å². The Kier molecular flexibility index (Phi) is 4.51. The Morgan fingerprint density at radius 3 is 2.95 bits per heavy atom. The SMILES string of the molecule is CCCNc1ncnc(Oc2cccc(C#N)c2)c1C. The van der Waals surface area contributed by atoms with Crippen molar-refractivity contribution in [3.8, 4) is 17.7 Å². The molecule has 0 saturated carbocycles. The van der Waals surface area contributed by atoms with Gasteiger partial charge >= 0.3 is 0 Å². The van der Waals surface area contributed by atoms with E-state index in [0.717, 1.165) is 24.3 Å². The Morgan fingerprint density at radius 1 is 1.35 bits per heavy atom. The fraction of sp³-hybridized carbons (Fsp3) is 0.267. The summed E-state index contributed by atoms with van der Waals surface area (Å²) in [5.41, 5.74) is 1.40. The van der Waals surface area contributed by atoms with Crippen LogP contribution in [0.1, 0.15) is 24.5 Å². The van der Waals surface area contributed by atoms with Crippen molar-refractivity contribution in [2.24, 2.45) is 0 Å². The van der Waals surface area contributed by atoms with E-state index in [-0.39, 0.29) is 0 Å². The molecule has 5 nitrogen and oxygen atoms in total. The van der Waals surface area contributed by atoms with Gasteiger partial charge in [0.05, 0.1) is 17.2 Å². The zero-order valence-corrected chi connectivity index (χ0v) is 11.6. The van der Waals surface area contributed by atoms with Gasteiger partial charge in [0, 0.05) is 6.54 Å². The average Bonchev–Trinajstić information content (AvgIpc) is 2.48. The van der Waals surface area contributed by atoms with Crippen LogP contribution in [-0.2, 0) is 0 Å². The van der Waals surface area contributed by atoms with Crippen molar-refractivity contribution < 1.29 is 4.74 Å². The fourth-order valence-corrected chi connectivity index (χ4v) is 1.70. The summed E-state index contributed by atoms with van der Waals surface area (Å²) in [4.78, 5) is 8.34. The van der Waals surface area contributed by atoms with Crippen molar-refractivity contribution in [1.82, 2.24) is 9.97 Å². The van der Waals surface area contributed by atoms with Crippen LogP contribution in [0.5, 0.6) is 11.6 Å². The normalized spacial score (nSPS) is 9.85. The number of benzene rings is 1. The maximum Gasteiger partial charge on any atom is 0.227 e. The molecule has 5 heteroatoms. The van der Waals surface area contributed by atoms with E-state index in [2.05, 4.69) is 28.3 Å². The van der Waals surface area contributed by atoms with Gasteiger partial charge < -0.3 is 10.1 Å². The Labute approximate surface area is 118 Å². The largest absolute Gasteiger partial charge is 0.439 e. The van der Waals surface area contributed by atoms with Gasteiger partial charge in [-0.05, 0) is 31.5 Å². The maximum absolute atomic E-state index is 8.88. The van der Waals surface area contributed by atoms with E-state index in [4.69, 9.17) is 10.00 Å². The van der Waals surface area contributed by atoms with Gasteiger partial charge in [-0.2, -0.15) is 5.26 Å². The highest BCUT2D eigenvalue weighted by molar-refractivity contribution is 5.49. The van der Waals surface area contributed by atoms with Gasteiger partial charge in [0.25, 0.3) is 0 Å². The number of nitriles is 1. The van der Waals surface area contributed by atoms with Crippen molar-refractivity contribution in [3.63, 3.8) is 0 Å². The van der Waals surface area contributed by atoms with Crippen LogP contribution in [-0.4, -0.2) is 16.5 Å². The average molecular weight is 268 g/mol. The van der Waals surface area contributed by atoms with Crippen molar-refractivity contribution in [1.29, 1.82) is 5.26 Å². The minimum absolute atomic E-state index is 0.494. The highest BCUT2D eigenvalue weighted by Crippen LogP contribution is 2.26. The molecule has 0 spiro atoms. The summed E-state index contributed by atoms with van der Waals surface area (Å²) in [5.74, 6) is 1.86. The highest BCUT2D eigenvalue weighted by Gasteiger charge is 2.09. The lowest BCUT2D eigenvalue weighted by Crippen LogP contribution is -2.05. The fourth-order valence-electron chi connectivity index (χ4n) is 1.70. The van der Waals surface area contributed by atoms with Crippen LogP contribution in [0, 0.1) is 18.3 Å². The quantitative estimate of drug-likeness (QED) is 0.901. The molecule has 0 saturated heterocycles. The molecular weight excluding hydrogens is 252 g/mol. The van der Waals surface area contributed by atoms with Gasteiger partial charge in [0.2, 0.25) is 5.88 Å².